The fraction of sp³-hybridized carbons (Fsp3) is 0.583. The van der Waals surface area contributed by atoms with Gasteiger partial charge >= 0.3 is 0 Å². The Labute approximate surface area is 119 Å². The number of ether oxygens (including phenoxy) is 1. The van der Waals surface area contributed by atoms with Gasteiger partial charge in [0.05, 0.1) is 0 Å². The Hall–Kier alpha value is -0.920. The van der Waals surface area contributed by atoms with Crippen LogP contribution in [-0.2, 0) is 17.4 Å². The lowest BCUT2D eigenvalue weighted by atomic mass is 9.79. The van der Waals surface area contributed by atoms with E-state index in [-0.39, 0.29) is 11.2 Å². The number of thiazole rings is 1. The van der Waals surface area contributed by atoms with Gasteiger partial charge in [-0.3, -0.25) is 9.36 Å². The van der Waals surface area contributed by atoms with Crippen LogP contribution in [0, 0.1) is 0 Å². The first kappa shape index (κ1) is 13.1. The summed E-state index contributed by atoms with van der Waals surface area (Å²) in [5.41, 5.74) is -0.00272. The van der Waals surface area contributed by atoms with Crippen LogP contribution in [0.5, 0.6) is 0 Å². The summed E-state index contributed by atoms with van der Waals surface area (Å²) < 4.78 is 8.10. The van der Waals surface area contributed by atoms with E-state index in [9.17, 15) is 4.79 Å². The van der Waals surface area contributed by atoms with Gasteiger partial charge in [0.2, 0.25) is 0 Å². The molecule has 102 valence electrons. The monoisotopic (exact) mass is 297 g/mol. The molecule has 2 aromatic rings. The highest BCUT2D eigenvalue weighted by Gasteiger charge is 2.42. The second-order valence-corrected chi connectivity index (χ2v) is 6.72. The Morgan fingerprint density at radius 2 is 2.16 bits per heavy atom. The molecular formula is C12H15N3O2S2. The van der Waals surface area contributed by atoms with E-state index in [2.05, 4.69) is 9.97 Å². The molecular weight excluding hydrogens is 282 g/mol. The zero-order valence-corrected chi connectivity index (χ0v) is 12.7. The number of methoxy groups -OCH3 is 1. The van der Waals surface area contributed by atoms with E-state index in [4.69, 9.17) is 4.74 Å². The van der Waals surface area contributed by atoms with Crippen molar-refractivity contribution in [1.29, 1.82) is 0 Å². The predicted octanol–water partition coefficient (Wildman–Crippen LogP) is 2.14. The molecule has 1 fully saturated rings. The maximum absolute atomic E-state index is 12.4. The molecule has 1 aliphatic rings. The zero-order chi connectivity index (χ0) is 13.6. The SMILES string of the molecule is COC1(c2nc3sc(SC)nc3c(=O)n2C)CCC1. The Morgan fingerprint density at radius 3 is 2.68 bits per heavy atom. The Kier molecular flexibility index (Phi) is 3.15. The Bertz CT molecular complexity index is 683. The van der Waals surface area contributed by atoms with Gasteiger partial charge in [-0.15, -0.1) is 0 Å². The number of aromatic nitrogens is 3. The van der Waals surface area contributed by atoms with Crippen molar-refractivity contribution in [1.82, 2.24) is 14.5 Å². The third-order valence-corrected chi connectivity index (χ3v) is 5.69. The molecule has 0 atom stereocenters. The van der Waals surface area contributed by atoms with Crippen LogP contribution < -0.4 is 5.56 Å². The molecule has 1 saturated carbocycles. The summed E-state index contributed by atoms with van der Waals surface area (Å²) in [6.45, 7) is 0. The largest absolute Gasteiger partial charge is 0.370 e. The van der Waals surface area contributed by atoms with Gasteiger partial charge in [-0.05, 0) is 25.5 Å². The second kappa shape index (κ2) is 4.57. The van der Waals surface area contributed by atoms with Crippen LogP contribution in [-0.4, -0.2) is 27.9 Å². The van der Waals surface area contributed by atoms with Gasteiger partial charge in [0, 0.05) is 14.2 Å². The molecule has 5 nitrogen and oxygen atoms in total. The molecule has 19 heavy (non-hydrogen) atoms. The van der Waals surface area contributed by atoms with Crippen LogP contribution in [0.2, 0.25) is 0 Å². The molecule has 0 aromatic carbocycles. The maximum atomic E-state index is 12.4. The van der Waals surface area contributed by atoms with E-state index in [1.165, 1.54) is 23.1 Å². The minimum atomic E-state index is -0.383. The van der Waals surface area contributed by atoms with Crippen molar-refractivity contribution in [3.05, 3.63) is 16.2 Å². The van der Waals surface area contributed by atoms with Crippen molar-refractivity contribution in [3.8, 4) is 0 Å². The minimum Gasteiger partial charge on any atom is -0.370 e. The third-order valence-electron chi connectivity index (χ3n) is 3.76. The van der Waals surface area contributed by atoms with Crippen molar-refractivity contribution in [2.24, 2.45) is 7.05 Å². The number of nitrogens with zero attached hydrogens (tertiary/aromatic N) is 3. The predicted molar refractivity (Wildman–Crippen MR) is 77.0 cm³/mol. The van der Waals surface area contributed by atoms with Crippen LogP contribution in [0.3, 0.4) is 0 Å². The first-order valence-electron chi connectivity index (χ1n) is 6.08. The van der Waals surface area contributed by atoms with Crippen LogP contribution in [0.1, 0.15) is 25.1 Å². The van der Waals surface area contributed by atoms with E-state index in [1.54, 1.807) is 18.7 Å². The summed E-state index contributed by atoms with van der Waals surface area (Å²) in [6, 6.07) is 0. The molecule has 2 heterocycles. The van der Waals surface area contributed by atoms with E-state index in [0.717, 1.165) is 29.4 Å². The lowest BCUT2D eigenvalue weighted by Gasteiger charge is -2.40. The molecule has 2 aromatic heterocycles. The highest BCUT2D eigenvalue weighted by Crippen LogP contribution is 2.43. The fourth-order valence-electron chi connectivity index (χ4n) is 2.45. The number of thioether (sulfide) groups is 1. The average Bonchev–Trinajstić information content (AvgIpc) is 2.78. The lowest BCUT2D eigenvalue weighted by Crippen LogP contribution is -2.42. The molecule has 3 rings (SSSR count). The van der Waals surface area contributed by atoms with Gasteiger partial charge in [0.25, 0.3) is 5.56 Å². The molecule has 0 unspecified atom stereocenters. The van der Waals surface area contributed by atoms with Crippen LogP contribution in [0.15, 0.2) is 9.13 Å². The van der Waals surface area contributed by atoms with Gasteiger partial charge in [-0.2, -0.15) is 0 Å². The van der Waals surface area contributed by atoms with Crippen molar-refractivity contribution >= 4 is 33.4 Å². The molecule has 0 radical (unpaired) electrons. The normalized spacial score (nSPS) is 17.6. The summed E-state index contributed by atoms with van der Waals surface area (Å²) in [6.07, 6.45) is 4.90. The number of hydrogen-bond donors (Lipinski definition) is 0. The third kappa shape index (κ3) is 1.83. The minimum absolute atomic E-state index is 0.0834. The van der Waals surface area contributed by atoms with Gasteiger partial charge in [0.1, 0.15) is 11.4 Å². The van der Waals surface area contributed by atoms with Gasteiger partial charge in [-0.25, -0.2) is 9.97 Å². The molecule has 7 heteroatoms. The Balaban J connectivity index is 2.26. The molecule has 0 spiro atoms. The van der Waals surface area contributed by atoms with E-state index in [1.807, 2.05) is 6.26 Å². The summed E-state index contributed by atoms with van der Waals surface area (Å²) in [4.78, 5) is 22.1. The van der Waals surface area contributed by atoms with E-state index < -0.39 is 0 Å². The van der Waals surface area contributed by atoms with Crippen LogP contribution in [0.25, 0.3) is 10.3 Å². The van der Waals surface area contributed by atoms with Gasteiger partial charge in [0.15, 0.2) is 14.7 Å². The standard InChI is InChI=1S/C12H15N3O2S2/c1-15-9(16)7-8(19-11(13-7)18-3)14-10(15)12(17-2)5-4-6-12/h4-6H2,1-3H3. The van der Waals surface area contributed by atoms with Gasteiger partial charge < -0.3 is 4.74 Å². The molecule has 0 N–H and O–H groups in total. The molecule has 1 aliphatic carbocycles. The van der Waals surface area contributed by atoms with E-state index in [0.29, 0.717) is 10.3 Å². The maximum Gasteiger partial charge on any atom is 0.280 e. The highest BCUT2D eigenvalue weighted by molar-refractivity contribution is 8.00. The fourth-order valence-corrected chi connectivity index (χ4v) is 3.86. The summed E-state index contributed by atoms with van der Waals surface area (Å²) in [5.74, 6) is 0.732. The van der Waals surface area contributed by atoms with Crippen molar-refractivity contribution in [2.75, 3.05) is 13.4 Å². The molecule has 0 aliphatic heterocycles. The smallest absolute Gasteiger partial charge is 0.280 e. The van der Waals surface area contributed by atoms with Crippen LogP contribution >= 0.6 is 23.1 Å². The van der Waals surface area contributed by atoms with Crippen molar-refractivity contribution in [2.45, 2.75) is 29.2 Å². The quantitative estimate of drug-likeness (QED) is 0.812. The summed E-state index contributed by atoms with van der Waals surface area (Å²) >= 11 is 3.00. The van der Waals surface area contributed by atoms with E-state index >= 15 is 0 Å². The zero-order valence-electron chi connectivity index (χ0n) is 11.1. The first-order chi connectivity index (χ1) is 9.11. The lowest BCUT2D eigenvalue weighted by molar-refractivity contribution is -0.0870. The Morgan fingerprint density at radius 1 is 1.42 bits per heavy atom. The summed E-state index contributed by atoms with van der Waals surface area (Å²) in [5, 5.41) is 0. The van der Waals surface area contributed by atoms with Crippen molar-refractivity contribution < 1.29 is 4.74 Å². The number of fused-ring (bicyclic) bond motifs is 1. The second-order valence-electron chi connectivity index (χ2n) is 4.69. The topological polar surface area (TPSA) is 57.0 Å². The number of rotatable bonds is 3. The molecule has 0 bridgehead atoms. The molecule has 0 saturated heterocycles. The average molecular weight is 297 g/mol. The molecule has 0 amide bonds. The van der Waals surface area contributed by atoms with Crippen LogP contribution in [0.4, 0.5) is 0 Å². The van der Waals surface area contributed by atoms with Gasteiger partial charge in [-0.1, -0.05) is 23.1 Å². The van der Waals surface area contributed by atoms with Crippen molar-refractivity contribution in [3.63, 3.8) is 0 Å². The highest BCUT2D eigenvalue weighted by atomic mass is 32.2. The first-order valence-corrected chi connectivity index (χ1v) is 8.12. The number of hydrogen-bond acceptors (Lipinski definition) is 6. The summed E-state index contributed by atoms with van der Waals surface area (Å²) in [7, 11) is 3.44.